The van der Waals surface area contributed by atoms with Crippen molar-refractivity contribution in [2.24, 2.45) is 11.7 Å². The van der Waals surface area contributed by atoms with E-state index in [1.54, 1.807) is 28.4 Å². The summed E-state index contributed by atoms with van der Waals surface area (Å²) in [6.07, 6.45) is 4.12. The summed E-state index contributed by atoms with van der Waals surface area (Å²) in [4.78, 5) is 0. The van der Waals surface area contributed by atoms with Crippen LogP contribution in [0.2, 0.25) is 6.04 Å². The first-order chi connectivity index (χ1) is 8.66. The minimum Gasteiger partial charge on any atom is -0.395 e. The van der Waals surface area contributed by atoms with Gasteiger partial charge in [-0.1, -0.05) is 6.42 Å². The fraction of sp³-hybridized carbons (Fsp3) is 1.00. The van der Waals surface area contributed by atoms with Crippen molar-refractivity contribution in [2.45, 2.75) is 37.1 Å². The second-order valence-corrected chi connectivity index (χ2v) is 8.28. The Morgan fingerprint density at radius 1 is 1.17 bits per heavy atom. The first-order valence-corrected chi connectivity index (χ1v) is 8.59. The quantitative estimate of drug-likeness (QED) is 0.563. The van der Waals surface area contributed by atoms with E-state index in [0.29, 0.717) is 6.54 Å². The number of nitrogens with two attached hydrogens (primary N) is 1. The maximum absolute atomic E-state index is 5.78. The Morgan fingerprint density at radius 2 is 1.78 bits per heavy atom. The zero-order valence-electron chi connectivity index (χ0n) is 12.0. The highest BCUT2D eigenvalue weighted by atomic mass is 28.4. The van der Waals surface area contributed by atoms with Crippen LogP contribution in [-0.2, 0) is 18.3 Å². The lowest BCUT2D eigenvalue weighted by Gasteiger charge is -2.50. The van der Waals surface area contributed by atoms with E-state index in [0.717, 1.165) is 31.7 Å². The van der Waals surface area contributed by atoms with E-state index >= 15 is 0 Å². The van der Waals surface area contributed by atoms with Crippen LogP contribution < -0.4 is 5.73 Å². The lowest BCUT2D eigenvalue weighted by molar-refractivity contribution is -0.214. The van der Waals surface area contributed by atoms with Gasteiger partial charge in [-0.2, -0.15) is 0 Å². The van der Waals surface area contributed by atoms with Crippen LogP contribution in [0.15, 0.2) is 0 Å². The summed E-state index contributed by atoms with van der Waals surface area (Å²) < 4.78 is 23.1. The number of hydrogen-bond acceptors (Lipinski definition) is 5. The summed E-state index contributed by atoms with van der Waals surface area (Å²) in [6.45, 7) is 0.689. The van der Waals surface area contributed by atoms with Crippen molar-refractivity contribution in [3.63, 3.8) is 0 Å². The van der Waals surface area contributed by atoms with Crippen LogP contribution in [0.3, 0.4) is 0 Å². The Morgan fingerprint density at radius 3 is 2.22 bits per heavy atom. The topological polar surface area (TPSA) is 62.9 Å². The van der Waals surface area contributed by atoms with Gasteiger partial charge in [-0.25, -0.2) is 0 Å². The molecule has 1 unspecified atom stereocenters. The van der Waals surface area contributed by atoms with E-state index in [4.69, 9.17) is 24.1 Å². The highest BCUT2D eigenvalue weighted by molar-refractivity contribution is 6.70. The van der Waals surface area contributed by atoms with E-state index in [2.05, 4.69) is 0 Å². The van der Waals surface area contributed by atoms with Crippen LogP contribution >= 0.6 is 0 Å². The molecule has 1 aliphatic heterocycles. The van der Waals surface area contributed by atoms with Gasteiger partial charge >= 0.3 is 8.56 Å². The molecule has 0 aromatic carbocycles. The smallest absolute Gasteiger partial charge is 0.395 e. The molecule has 0 aliphatic carbocycles. The van der Waals surface area contributed by atoms with Crippen molar-refractivity contribution in [3.8, 4) is 0 Å². The van der Waals surface area contributed by atoms with Gasteiger partial charge < -0.3 is 24.1 Å². The van der Waals surface area contributed by atoms with E-state index < -0.39 is 14.0 Å². The Balaban J connectivity index is 3.03. The maximum atomic E-state index is 5.78. The highest BCUT2D eigenvalue weighted by Crippen LogP contribution is 2.45. The van der Waals surface area contributed by atoms with Crippen LogP contribution in [0.5, 0.6) is 0 Å². The van der Waals surface area contributed by atoms with Crippen LogP contribution in [0, 0.1) is 5.92 Å². The molecular weight excluding hydrogens is 250 g/mol. The summed E-state index contributed by atoms with van der Waals surface area (Å²) in [5.74, 6) is 0.288. The Bertz CT molecular complexity index is 244. The molecule has 1 heterocycles. The molecule has 0 aromatic rings. The van der Waals surface area contributed by atoms with E-state index in [1.165, 1.54) is 0 Å². The zero-order chi connectivity index (χ0) is 13.6. The van der Waals surface area contributed by atoms with E-state index in [1.807, 2.05) is 0 Å². The molecule has 108 valence electrons. The average molecular weight is 277 g/mol. The third-order valence-corrected chi connectivity index (χ3v) is 8.36. The van der Waals surface area contributed by atoms with Gasteiger partial charge in [0.15, 0.2) is 0 Å². The molecule has 1 aliphatic rings. The van der Waals surface area contributed by atoms with Crippen molar-refractivity contribution < 1.29 is 18.3 Å². The van der Waals surface area contributed by atoms with Gasteiger partial charge in [0.1, 0.15) is 0 Å². The fourth-order valence-electron chi connectivity index (χ4n) is 3.25. The second kappa shape index (κ2) is 6.98. The Hall–Kier alpha value is 0.0169. The van der Waals surface area contributed by atoms with Gasteiger partial charge in [0.25, 0.3) is 0 Å². The molecule has 1 atom stereocenters. The molecule has 6 heteroatoms. The van der Waals surface area contributed by atoms with Crippen LogP contribution in [0.4, 0.5) is 0 Å². The van der Waals surface area contributed by atoms with Crippen molar-refractivity contribution in [2.75, 3.05) is 35.0 Å². The number of hydrogen-bond donors (Lipinski definition) is 1. The molecule has 0 spiro atoms. The van der Waals surface area contributed by atoms with Gasteiger partial charge in [-0.3, -0.25) is 0 Å². The molecule has 0 radical (unpaired) electrons. The molecule has 1 rings (SSSR count). The fourth-order valence-corrected chi connectivity index (χ4v) is 6.95. The lowest BCUT2D eigenvalue weighted by Crippen LogP contribution is -2.69. The molecule has 0 aromatic heterocycles. The lowest BCUT2D eigenvalue weighted by atomic mass is 9.96. The summed E-state index contributed by atoms with van der Waals surface area (Å²) in [5, 5.41) is 0. The molecule has 0 saturated carbocycles. The van der Waals surface area contributed by atoms with Gasteiger partial charge in [-0.05, 0) is 31.9 Å². The Kier molecular flexibility index (Phi) is 6.23. The molecule has 1 saturated heterocycles. The van der Waals surface area contributed by atoms with Gasteiger partial charge in [0.2, 0.25) is 5.41 Å². The maximum Gasteiger partial charge on any atom is 0.399 e. The average Bonchev–Trinajstić information content (AvgIpc) is 2.44. The monoisotopic (exact) mass is 277 g/mol. The standard InChI is InChI=1S/C12H27NO4Si/c1-14-12(15-2)11(7-5-9-13)8-6-10-18(12,16-3)17-4/h11H,5-10,13H2,1-4H3. The van der Waals surface area contributed by atoms with Crippen LogP contribution in [0.1, 0.15) is 25.7 Å². The predicted molar refractivity (Wildman–Crippen MR) is 72.3 cm³/mol. The molecular formula is C12H27NO4Si. The van der Waals surface area contributed by atoms with Crippen molar-refractivity contribution in [3.05, 3.63) is 0 Å². The summed E-state index contributed by atoms with van der Waals surface area (Å²) in [7, 11) is 4.26. The largest absolute Gasteiger partial charge is 0.399 e. The minimum absolute atomic E-state index is 0.288. The second-order valence-electron chi connectivity index (χ2n) is 4.76. The molecule has 18 heavy (non-hydrogen) atoms. The Labute approximate surface area is 111 Å². The molecule has 2 N–H and O–H groups in total. The summed E-state index contributed by atoms with van der Waals surface area (Å²) in [5.41, 5.74) is 4.90. The number of rotatable bonds is 7. The van der Waals surface area contributed by atoms with E-state index in [9.17, 15) is 0 Å². The first-order valence-electron chi connectivity index (χ1n) is 6.57. The predicted octanol–water partition coefficient (Wildman–Crippen LogP) is 1.40. The molecule has 0 amide bonds. The SMILES string of the molecule is COC1(OC)C(CCCN)CCC[Si]1(OC)OC. The van der Waals surface area contributed by atoms with Crippen molar-refractivity contribution in [1.82, 2.24) is 0 Å². The third kappa shape index (κ3) is 2.50. The highest BCUT2D eigenvalue weighted by Gasteiger charge is 2.64. The normalized spacial score (nSPS) is 26.2. The van der Waals surface area contributed by atoms with Gasteiger partial charge in [0, 0.05) is 34.4 Å². The third-order valence-electron chi connectivity index (χ3n) is 4.15. The van der Waals surface area contributed by atoms with Crippen molar-refractivity contribution in [1.29, 1.82) is 0 Å². The van der Waals surface area contributed by atoms with Crippen molar-refractivity contribution >= 4 is 8.56 Å². The molecule has 5 nitrogen and oxygen atoms in total. The minimum atomic E-state index is -2.51. The summed E-state index contributed by atoms with van der Waals surface area (Å²) in [6, 6.07) is 0.904. The summed E-state index contributed by atoms with van der Waals surface area (Å²) >= 11 is 0. The number of ether oxygens (including phenoxy) is 2. The molecule has 0 bridgehead atoms. The van der Waals surface area contributed by atoms with Gasteiger partial charge in [0.05, 0.1) is 0 Å². The first kappa shape index (κ1) is 16.1. The number of methoxy groups -OCH3 is 2. The molecule has 1 fully saturated rings. The zero-order valence-corrected chi connectivity index (χ0v) is 13.0. The van der Waals surface area contributed by atoms with Crippen LogP contribution in [0.25, 0.3) is 0 Å². The van der Waals surface area contributed by atoms with Crippen LogP contribution in [-0.4, -0.2) is 49.0 Å². The van der Waals surface area contributed by atoms with Gasteiger partial charge in [-0.15, -0.1) is 0 Å². The van der Waals surface area contributed by atoms with E-state index in [-0.39, 0.29) is 5.92 Å².